The topological polar surface area (TPSA) is 75.7 Å². The van der Waals surface area contributed by atoms with E-state index in [9.17, 15) is 17.6 Å². The van der Waals surface area contributed by atoms with Gasteiger partial charge in [-0.05, 0) is 49.4 Å². The molecule has 0 aromatic heterocycles. The summed E-state index contributed by atoms with van der Waals surface area (Å²) in [5, 5.41) is 2.85. The first kappa shape index (κ1) is 20.0. The Morgan fingerprint density at radius 1 is 1.23 bits per heavy atom. The molecular weight excluding hydrogens is 383 g/mol. The standard InChI is InChI=1S/C17H18ClFN2O4S/c1-11(17(22)20-14-7-5-13(19)6-8-14)21(26(3,23)24)15-10-12(18)4-9-16(15)25-2/h4-11H,1-3H3,(H,20,22)/t11-/m0/s1. The van der Waals surface area contributed by atoms with Gasteiger partial charge in [0.15, 0.2) is 0 Å². The van der Waals surface area contributed by atoms with E-state index in [0.717, 1.165) is 10.6 Å². The molecule has 2 aromatic rings. The van der Waals surface area contributed by atoms with Crippen LogP contribution < -0.4 is 14.4 Å². The molecule has 0 spiro atoms. The van der Waals surface area contributed by atoms with Crippen molar-refractivity contribution < 1.29 is 22.3 Å². The Bertz CT molecular complexity index is 903. The molecule has 0 unspecified atom stereocenters. The van der Waals surface area contributed by atoms with Crippen molar-refractivity contribution >= 4 is 38.9 Å². The van der Waals surface area contributed by atoms with Crippen molar-refractivity contribution in [3.63, 3.8) is 0 Å². The number of anilines is 2. The van der Waals surface area contributed by atoms with E-state index in [1.54, 1.807) is 6.07 Å². The van der Waals surface area contributed by atoms with Gasteiger partial charge in [-0.25, -0.2) is 12.8 Å². The van der Waals surface area contributed by atoms with E-state index in [1.807, 2.05) is 0 Å². The van der Waals surface area contributed by atoms with Crippen molar-refractivity contribution in [1.29, 1.82) is 0 Å². The molecule has 0 aliphatic heterocycles. The van der Waals surface area contributed by atoms with Crippen molar-refractivity contribution in [3.05, 3.63) is 53.3 Å². The van der Waals surface area contributed by atoms with Crippen molar-refractivity contribution in [1.82, 2.24) is 0 Å². The predicted molar refractivity (Wildman–Crippen MR) is 99.8 cm³/mol. The summed E-state index contributed by atoms with van der Waals surface area (Å²) in [6.07, 6.45) is 0.981. The third-order valence-electron chi connectivity index (χ3n) is 3.58. The highest BCUT2D eigenvalue weighted by atomic mass is 35.5. The molecule has 0 aliphatic carbocycles. The molecule has 0 saturated carbocycles. The number of rotatable bonds is 6. The number of nitrogens with one attached hydrogen (secondary N) is 1. The Hall–Kier alpha value is -2.32. The van der Waals surface area contributed by atoms with Gasteiger partial charge in [-0.3, -0.25) is 9.10 Å². The Morgan fingerprint density at radius 3 is 2.38 bits per heavy atom. The van der Waals surface area contributed by atoms with Crippen LogP contribution in [0.25, 0.3) is 0 Å². The molecule has 2 rings (SSSR count). The zero-order valence-corrected chi connectivity index (χ0v) is 15.9. The van der Waals surface area contributed by atoms with Crippen LogP contribution in [0.1, 0.15) is 6.92 Å². The molecule has 0 heterocycles. The van der Waals surface area contributed by atoms with Crippen molar-refractivity contribution in [3.8, 4) is 5.75 Å². The van der Waals surface area contributed by atoms with Crippen LogP contribution in [0.15, 0.2) is 42.5 Å². The Morgan fingerprint density at radius 2 is 1.85 bits per heavy atom. The van der Waals surface area contributed by atoms with Crippen molar-refractivity contribution in [2.24, 2.45) is 0 Å². The molecule has 140 valence electrons. The lowest BCUT2D eigenvalue weighted by Gasteiger charge is -2.29. The highest BCUT2D eigenvalue weighted by Gasteiger charge is 2.31. The summed E-state index contributed by atoms with van der Waals surface area (Å²) in [5.74, 6) is -0.789. The summed E-state index contributed by atoms with van der Waals surface area (Å²) in [6.45, 7) is 1.43. The minimum Gasteiger partial charge on any atom is -0.495 e. The van der Waals surface area contributed by atoms with Crippen molar-refractivity contribution in [2.45, 2.75) is 13.0 Å². The number of halogens is 2. The number of amides is 1. The van der Waals surface area contributed by atoms with E-state index >= 15 is 0 Å². The van der Waals surface area contributed by atoms with Crippen LogP contribution in [0.4, 0.5) is 15.8 Å². The molecule has 2 aromatic carbocycles. The number of hydrogen-bond acceptors (Lipinski definition) is 4. The van der Waals surface area contributed by atoms with Gasteiger partial charge >= 0.3 is 0 Å². The van der Waals surface area contributed by atoms with Gasteiger partial charge in [-0.15, -0.1) is 0 Å². The molecule has 26 heavy (non-hydrogen) atoms. The van der Waals surface area contributed by atoms with Gasteiger partial charge in [0.25, 0.3) is 0 Å². The first-order chi connectivity index (χ1) is 12.1. The summed E-state index contributed by atoms with van der Waals surface area (Å²) < 4.78 is 43.8. The quantitative estimate of drug-likeness (QED) is 0.807. The lowest BCUT2D eigenvalue weighted by molar-refractivity contribution is -0.116. The summed E-state index contributed by atoms with van der Waals surface area (Å²) in [5.41, 5.74) is 0.485. The SMILES string of the molecule is COc1ccc(Cl)cc1N([C@@H](C)C(=O)Nc1ccc(F)cc1)S(C)(=O)=O. The first-order valence-electron chi connectivity index (χ1n) is 7.53. The van der Waals surface area contributed by atoms with Crippen LogP contribution in [0, 0.1) is 5.82 Å². The van der Waals surface area contributed by atoms with E-state index in [4.69, 9.17) is 16.3 Å². The van der Waals surface area contributed by atoms with Crippen LogP contribution in [-0.4, -0.2) is 33.7 Å². The third-order valence-corrected chi connectivity index (χ3v) is 5.04. The number of hydrogen-bond donors (Lipinski definition) is 1. The Balaban J connectivity index is 2.39. The molecular formula is C17H18ClFN2O4S. The molecule has 0 saturated heterocycles. The molecule has 0 aliphatic rings. The van der Waals surface area contributed by atoms with Crippen molar-refractivity contribution in [2.75, 3.05) is 23.0 Å². The Kier molecular flexibility index (Phi) is 6.09. The predicted octanol–water partition coefficient (Wildman–Crippen LogP) is 3.28. The van der Waals surface area contributed by atoms with Crippen LogP contribution in [0.2, 0.25) is 5.02 Å². The maximum Gasteiger partial charge on any atom is 0.247 e. The average molecular weight is 401 g/mol. The van der Waals surface area contributed by atoms with Gasteiger partial charge in [-0.1, -0.05) is 11.6 Å². The van der Waals surface area contributed by atoms with Gasteiger partial charge in [0, 0.05) is 10.7 Å². The van der Waals surface area contributed by atoms with Gasteiger partial charge < -0.3 is 10.1 Å². The number of ether oxygens (including phenoxy) is 1. The lowest BCUT2D eigenvalue weighted by atomic mass is 10.2. The molecule has 0 fully saturated rings. The highest BCUT2D eigenvalue weighted by molar-refractivity contribution is 7.92. The maximum atomic E-state index is 13.0. The number of nitrogens with zero attached hydrogens (tertiary/aromatic N) is 1. The number of methoxy groups -OCH3 is 1. The summed E-state index contributed by atoms with van der Waals surface area (Å²) >= 11 is 5.98. The molecule has 1 atom stereocenters. The van der Waals surface area contributed by atoms with Crippen LogP contribution in [0.3, 0.4) is 0 Å². The second kappa shape index (κ2) is 7.92. The molecule has 0 radical (unpaired) electrons. The van der Waals surface area contributed by atoms with Crippen LogP contribution in [-0.2, 0) is 14.8 Å². The number of carbonyl (C=O) groups is 1. The number of carbonyl (C=O) groups excluding carboxylic acids is 1. The minimum atomic E-state index is -3.84. The van der Waals surface area contributed by atoms with E-state index in [2.05, 4.69) is 5.32 Å². The van der Waals surface area contributed by atoms with Crippen LogP contribution in [0.5, 0.6) is 5.75 Å². The maximum absolute atomic E-state index is 13.0. The average Bonchev–Trinajstić information content (AvgIpc) is 2.56. The number of sulfonamides is 1. The largest absolute Gasteiger partial charge is 0.495 e. The monoisotopic (exact) mass is 400 g/mol. The molecule has 1 amide bonds. The molecule has 1 N–H and O–H groups in total. The Labute approximate surface area is 156 Å². The molecule has 9 heteroatoms. The van der Waals surface area contributed by atoms with Crippen LogP contribution >= 0.6 is 11.6 Å². The fourth-order valence-corrected chi connectivity index (χ4v) is 3.73. The zero-order valence-electron chi connectivity index (χ0n) is 14.4. The normalized spacial score (nSPS) is 12.3. The smallest absolute Gasteiger partial charge is 0.247 e. The second-order valence-corrected chi connectivity index (χ2v) is 7.84. The second-order valence-electron chi connectivity index (χ2n) is 5.55. The summed E-state index contributed by atoms with van der Waals surface area (Å²) in [4.78, 5) is 12.6. The molecule has 0 bridgehead atoms. The van der Waals surface area contributed by atoms with Gasteiger partial charge in [0.05, 0.1) is 19.1 Å². The third kappa shape index (κ3) is 4.64. The van der Waals surface area contributed by atoms with E-state index in [0.29, 0.717) is 10.7 Å². The minimum absolute atomic E-state index is 0.143. The lowest BCUT2D eigenvalue weighted by Crippen LogP contribution is -2.45. The van der Waals surface area contributed by atoms with E-state index < -0.39 is 27.8 Å². The van der Waals surface area contributed by atoms with E-state index in [-0.39, 0.29) is 11.4 Å². The fourth-order valence-electron chi connectivity index (χ4n) is 2.40. The van der Waals surface area contributed by atoms with E-state index in [1.165, 1.54) is 50.4 Å². The highest BCUT2D eigenvalue weighted by Crippen LogP contribution is 2.34. The summed E-state index contributed by atoms with van der Waals surface area (Å²) in [6, 6.07) is 8.50. The van der Waals surface area contributed by atoms with Gasteiger partial charge in [0.1, 0.15) is 17.6 Å². The first-order valence-corrected chi connectivity index (χ1v) is 9.75. The number of benzene rings is 2. The zero-order chi connectivity index (χ0) is 19.5. The van der Waals surface area contributed by atoms with Gasteiger partial charge in [0.2, 0.25) is 15.9 Å². The fraction of sp³-hybridized carbons (Fsp3) is 0.235. The summed E-state index contributed by atoms with van der Waals surface area (Å²) in [7, 11) is -2.45. The molecule has 6 nitrogen and oxygen atoms in total. The van der Waals surface area contributed by atoms with Gasteiger partial charge in [-0.2, -0.15) is 0 Å².